The minimum atomic E-state index is -0.183. The molecule has 29 heavy (non-hydrogen) atoms. The molecular weight excluding hydrogens is 370 g/mol. The van der Waals surface area contributed by atoms with Gasteiger partial charge in [-0.05, 0) is 23.8 Å². The van der Waals surface area contributed by atoms with Crippen LogP contribution in [0.1, 0.15) is 22.0 Å². The molecule has 0 spiro atoms. The van der Waals surface area contributed by atoms with Crippen LogP contribution in [0.4, 0.5) is 0 Å². The van der Waals surface area contributed by atoms with Crippen molar-refractivity contribution in [2.75, 3.05) is 26.3 Å². The zero-order valence-electron chi connectivity index (χ0n) is 15.8. The van der Waals surface area contributed by atoms with Crippen LogP contribution in [0.3, 0.4) is 0 Å². The molecule has 0 unspecified atom stereocenters. The molecule has 7 nitrogen and oxygen atoms in total. The Morgan fingerprint density at radius 3 is 2.66 bits per heavy atom. The van der Waals surface area contributed by atoms with Crippen molar-refractivity contribution >= 4 is 5.91 Å². The van der Waals surface area contributed by atoms with Crippen molar-refractivity contribution in [3.8, 4) is 22.8 Å². The van der Waals surface area contributed by atoms with Crippen molar-refractivity contribution < 1.29 is 18.7 Å². The molecule has 1 fully saturated rings. The summed E-state index contributed by atoms with van der Waals surface area (Å²) in [6.07, 6.45) is 1.30. The Hall–Kier alpha value is -3.32. The van der Waals surface area contributed by atoms with Gasteiger partial charge >= 0.3 is 0 Å². The Morgan fingerprint density at radius 1 is 1.03 bits per heavy atom. The molecule has 1 saturated heterocycles. The van der Waals surface area contributed by atoms with Crippen molar-refractivity contribution in [1.29, 1.82) is 0 Å². The number of nitrogens with two attached hydrogens (primary N) is 1. The topological polar surface area (TPSA) is 90.8 Å². The van der Waals surface area contributed by atoms with Gasteiger partial charge in [-0.2, -0.15) is 0 Å². The normalized spacial score (nSPS) is 20.7. The third-order valence-corrected chi connectivity index (χ3v) is 5.45. The van der Waals surface area contributed by atoms with Gasteiger partial charge in [0, 0.05) is 30.6 Å². The monoisotopic (exact) mass is 391 g/mol. The van der Waals surface area contributed by atoms with Crippen LogP contribution in [0.15, 0.2) is 59.3 Å². The van der Waals surface area contributed by atoms with Crippen molar-refractivity contribution in [2.45, 2.75) is 12.0 Å². The minimum absolute atomic E-state index is 0.102. The van der Waals surface area contributed by atoms with Gasteiger partial charge in [-0.15, -0.1) is 0 Å². The predicted molar refractivity (Wildman–Crippen MR) is 106 cm³/mol. The minimum Gasteiger partial charge on any atom is -0.486 e. The maximum absolute atomic E-state index is 13.2. The van der Waals surface area contributed by atoms with Crippen LogP contribution in [0.2, 0.25) is 0 Å². The summed E-state index contributed by atoms with van der Waals surface area (Å²) < 4.78 is 16.8. The van der Waals surface area contributed by atoms with Gasteiger partial charge in [0.05, 0.1) is 0 Å². The second-order valence-corrected chi connectivity index (χ2v) is 7.28. The molecule has 2 aromatic carbocycles. The summed E-state index contributed by atoms with van der Waals surface area (Å²) in [6.45, 7) is 2.05. The van der Waals surface area contributed by atoms with E-state index in [1.54, 1.807) is 4.90 Å². The Kier molecular flexibility index (Phi) is 4.44. The molecule has 0 aliphatic carbocycles. The molecule has 3 aromatic rings. The number of hydrogen-bond donors (Lipinski definition) is 1. The summed E-state index contributed by atoms with van der Waals surface area (Å²) in [5.41, 5.74) is 8.49. The average molecular weight is 391 g/mol. The number of likely N-dealkylation sites (tertiary alicyclic amines) is 1. The number of benzene rings is 2. The third-order valence-electron chi connectivity index (χ3n) is 5.45. The Labute approximate surface area is 168 Å². The number of nitrogens with zero attached hydrogens (tertiary/aromatic N) is 2. The van der Waals surface area contributed by atoms with E-state index in [9.17, 15) is 4.79 Å². The van der Waals surface area contributed by atoms with E-state index in [1.807, 2.05) is 36.4 Å². The van der Waals surface area contributed by atoms with E-state index in [-0.39, 0.29) is 23.6 Å². The van der Waals surface area contributed by atoms with Crippen LogP contribution >= 0.6 is 0 Å². The van der Waals surface area contributed by atoms with Crippen LogP contribution in [0.25, 0.3) is 11.3 Å². The van der Waals surface area contributed by atoms with Crippen LogP contribution in [-0.4, -0.2) is 48.1 Å². The van der Waals surface area contributed by atoms with Gasteiger partial charge in [-0.3, -0.25) is 4.79 Å². The van der Waals surface area contributed by atoms with E-state index in [0.29, 0.717) is 43.6 Å². The van der Waals surface area contributed by atoms with Crippen LogP contribution in [0, 0.1) is 0 Å². The molecule has 2 aliphatic rings. The first-order valence-electron chi connectivity index (χ1n) is 9.64. The fourth-order valence-electron chi connectivity index (χ4n) is 3.99. The Balaban J connectivity index is 1.40. The van der Waals surface area contributed by atoms with Gasteiger partial charge in [0.1, 0.15) is 13.2 Å². The van der Waals surface area contributed by atoms with Crippen LogP contribution < -0.4 is 15.2 Å². The molecule has 7 heteroatoms. The molecule has 0 bridgehead atoms. The highest BCUT2D eigenvalue weighted by atomic mass is 16.6. The smallest absolute Gasteiger partial charge is 0.276 e. The molecular formula is C22H21N3O4. The second-order valence-electron chi connectivity index (χ2n) is 7.28. The van der Waals surface area contributed by atoms with E-state index in [0.717, 1.165) is 11.1 Å². The largest absolute Gasteiger partial charge is 0.486 e. The summed E-state index contributed by atoms with van der Waals surface area (Å²) in [5, 5.41) is 0. The highest BCUT2D eigenvalue weighted by molar-refractivity contribution is 5.98. The predicted octanol–water partition coefficient (Wildman–Crippen LogP) is 2.68. The highest BCUT2D eigenvalue weighted by Gasteiger charge is 2.36. The van der Waals surface area contributed by atoms with Gasteiger partial charge in [-0.25, -0.2) is 4.98 Å². The first-order chi connectivity index (χ1) is 14.2. The number of ether oxygens (including phenoxy) is 2. The van der Waals surface area contributed by atoms with Crippen molar-refractivity contribution in [3.63, 3.8) is 0 Å². The molecule has 148 valence electrons. The van der Waals surface area contributed by atoms with Crippen molar-refractivity contribution in [1.82, 2.24) is 9.88 Å². The maximum Gasteiger partial charge on any atom is 0.276 e. The van der Waals surface area contributed by atoms with Gasteiger partial charge in [0.15, 0.2) is 29.3 Å². The van der Waals surface area contributed by atoms with E-state index in [4.69, 9.17) is 19.6 Å². The Bertz CT molecular complexity index is 1030. The van der Waals surface area contributed by atoms with Gasteiger partial charge < -0.3 is 24.5 Å². The van der Waals surface area contributed by atoms with Gasteiger partial charge in [-0.1, -0.05) is 30.3 Å². The molecule has 2 aliphatic heterocycles. The fourth-order valence-corrected chi connectivity index (χ4v) is 3.99. The number of carbonyl (C=O) groups excluding carboxylic acids is 1. The van der Waals surface area contributed by atoms with Crippen molar-refractivity contribution in [2.24, 2.45) is 5.73 Å². The third kappa shape index (κ3) is 3.23. The molecule has 1 amide bonds. The maximum atomic E-state index is 13.2. The highest BCUT2D eigenvalue weighted by Crippen LogP contribution is 2.36. The van der Waals surface area contributed by atoms with E-state index >= 15 is 0 Å². The van der Waals surface area contributed by atoms with E-state index < -0.39 is 0 Å². The number of carbonyl (C=O) groups is 1. The lowest BCUT2D eigenvalue weighted by molar-refractivity contribution is 0.0784. The molecule has 2 atom stereocenters. The number of aromatic nitrogens is 1. The summed E-state index contributed by atoms with van der Waals surface area (Å²) in [4.78, 5) is 19.2. The second kappa shape index (κ2) is 7.25. The first-order valence-corrected chi connectivity index (χ1v) is 9.64. The van der Waals surface area contributed by atoms with E-state index in [2.05, 4.69) is 17.1 Å². The summed E-state index contributed by atoms with van der Waals surface area (Å²) in [5.74, 6) is 1.66. The fraction of sp³-hybridized carbons (Fsp3) is 0.273. The average Bonchev–Trinajstić information content (AvgIpc) is 3.40. The molecule has 1 aromatic heterocycles. The number of hydrogen-bond acceptors (Lipinski definition) is 6. The Morgan fingerprint density at radius 2 is 1.83 bits per heavy atom. The van der Waals surface area contributed by atoms with Gasteiger partial charge in [0.25, 0.3) is 5.91 Å². The number of oxazole rings is 1. The standard InChI is InChI=1S/C22H21N3O4/c23-17-12-25(11-16(17)14-4-2-1-3-5-14)22(26)20-21(29-13-24-20)15-6-7-18-19(10-15)28-9-8-27-18/h1-7,10,13,16-17H,8-9,11-12,23H2/t16-,17+/m0/s1. The number of amides is 1. The molecule has 5 rings (SSSR count). The lowest BCUT2D eigenvalue weighted by Crippen LogP contribution is -2.32. The molecule has 0 saturated carbocycles. The van der Waals surface area contributed by atoms with E-state index in [1.165, 1.54) is 6.39 Å². The summed E-state index contributed by atoms with van der Waals surface area (Å²) in [6, 6.07) is 15.4. The molecule has 2 N–H and O–H groups in total. The molecule has 0 radical (unpaired) electrons. The summed E-state index contributed by atoms with van der Waals surface area (Å²) >= 11 is 0. The van der Waals surface area contributed by atoms with Crippen molar-refractivity contribution in [3.05, 3.63) is 66.2 Å². The lowest BCUT2D eigenvalue weighted by Gasteiger charge is -2.19. The SMILES string of the molecule is N[C@@H]1CN(C(=O)c2ncoc2-c2ccc3c(c2)OCCO3)C[C@H]1c1ccccc1. The first kappa shape index (κ1) is 17.8. The van der Waals surface area contributed by atoms with Gasteiger partial charge in [0.2, 0.25) is 0 Å². The summed E-state index contributed by atoms with van der Waals surface area (Å²) in [7, 11) is 0. The quantitative estimate of drug-likeness (QED) is 0.738. The zero-order chi connectivity index (χ0) is 19.8. The zero-order valence-corrected chi connectivity index (χ0v) is 15.8. The number of rotatable bonds is 3. The molecule has 3 heterocycles. The van der Waals surface area contributed by atoms with Crippen LogP contribution in [0.5, 0.6) is 11.5 Å². The lowest BCUT2D eigenvalue weighted by atomic mass is 9.95. The number of fused-ring (bicyclic) bond motifs is 1. The van der Waals surface area contributed by atoms with Crippen LogP contribution in [-0.2, 0) is 0 Å².